The smallest absolute Gasteiger partial charge is 0.341 e. The van der Waals surface area contributed by atoms with E-state index in [1.54, 1.807) is 0 Å². The van der Waals surface area contributed by atoms with Crippen LogP contribution in [0.4, 0.5) is 5.00 Å². The SMILES string of the molecule is CCC(C)(C)C1CCc2c(sc(NC(=O)c3c(C)c(-c4ccc(Cl)cc4)nc4ccccc34)c2C(=O)OC)C1. The molecule has 7 heteroatoms. The monoisotopic (exact) mass is 560 g/mol. The first-order valence-corrected chi connectivity index (χ1v) is 14.5. The van der Waals surface area contributed by atoms with Gasteiger partial charge in [0.15, 0.2) is 0 Å². The number of carbonyl (C=O) groups is 2. The van der Waals surface area contributed by atoms with Crippen molar-refractivity contribution >= 4 is 50.7 Å². The zero-order valence-corrected chi connectivity index (χ0v) is 24.6. The molecule has 202 valence electrons. The number of para-hydroxylation sites is 1. The number of thiophene rings is 1. The van der Waals surface area contributed by atoms with Crippen molar-refractivity contribution in [3.63, 3.8) is 0 Å². The van der Waals surface area contributed by atoms with Gasteiger partial charge in [-0.3, -0.25) is 4.79 Å². The van der Waals surface area contributed by atoms with E-state index in [-0.39, 0.29) is 11.3 Å². The van der Waals surface area contributed by atoms with Gasteiger partial charge in [-0.25, -0.2) is 9.78 Å². The Kier molecular flexibility index (Phi) is 7.53. The lowest BCUT2D eigenvalue weighted by atomic mass is 9.69. The molecule has 0 saturated carbocycles. The van der Waals surface area contributed by atoms with Crippen molar-refractivity contribution in [2.45, 2.75) is 53.4 Å². The standard InChI is InChI=1S/C32H33ClN2O3S/c1-6-32(3,4)20-13-16-23-25(17-20)39-30(27(23)31(37)38-5)35-29(36)26-18(2)28(19-11-14-21(33)15-12-19)34-24-10-8-7-9-22(24)26/h7-12,14-15,20H,6,13,16-17H2,1-5H3,(H,35,36). The Hall–Kier alpha value is -3.22. The molecule has 1 atom stereocenters. The van der Waals surface area contributed by atoms with Crippen molar-refractivity contribution in [3.05, 3.63) is 80.7 Å². The fraction of sp³-hybridized carbons (Fsp3) is 0.344. The van der Waals surface area contributed by atoms with Crippen LogP contribution in [-0.2, 0) is 17.6 Å². The molecular formula is C32H33ClN2O3S. The summed E-state index contributed by atoms with van der Waals surface area (Å²) in [6, 6.07) is 15.1. The van der Waals surface area contributed by atoms with Gasteiger partial charge in [0.05, 0.1) is 29.4 Å². The van der Waals surface area contributed by atoms with Gasteiger partial charge in [0.2, 0.25) is 0 Å². The summed E-state index contributed by atoms with van der Waals surface area (Å²) >= 11 is 7.63. The number of methoxy groups -OCH3 is 1. The second-order valence-electron chi connectivity index (χ2n) is 10.9. The minimum absolute atomic E-state index is 0.210. The molecular weight excluding hydrogens is 528 g/mol. The zero-order chi connectivity index (χ0) is 27.9. The van der Waals surface area contributed by atoms with E-state index in [2.05, 4.69) is 26.1 Å². The summed E-state index contributed by atoms with van der Waals surface area (Å²) in [6.07, 6.45) is 3.81. The number of rotatable bonds is 6. The fourth-order valence-electron chi connectivity index (χ4n) is 5.60. The Morgan fingerprint density at radius 2 is 1.85 bits per heavy atom. The molecule has 0 radical (unpaired) electrons. The van der Waals surface area contributed by atoms with E-state index in [1.165, 1.54) is 23.3 Å². The molecule has 39 heavy (non-hydrogen) atoms. The van der Waals surface area contributed by atoms with Gasteiger partial charge in [0.25, 0.3) is 5.91 Å². The first kappa shape index (κ1) is 27.4. The number of pyridine rings is 1. The van der Waals surface area contributed by atoms with Crippen LogP contribution in [0.25, 0.3) is 22.2 Å². The molecule has 1 aliphatic carbocycles. The predicted molar refractivity (Wildman–Crippen MR) is 160 cm³/mol. The Labute approximate surface area is 238 Å². The van der Waals surface area contributed by atoms with Crippen LogP contribution in [0.15, 0.2) is 48.5 Å². The predicted octanol–water partition coefficient (Wildman–Crippen LogP) is 8.51. The molecule has 1 aliphatic rings. The molecule has 0 bridgehead atoms. The molecule has 5 nitrogen and oxygen atoms in total. The average molecular weight is 561 g/mol. The van der Waals surface area contributed by atoms with Crippen LogP contribution in [0.1, 0.15) is 70.3 Å². The minimum atomic E-state index is -0.408. The van der Waals surface area contributed by atoms with Crippen molar-refractivity contribution in [2.24, 2.45) is 11.3 Å². The molecule has 0 aliphatic heterocycles. The van der Waals surface area contributed by atoms with E-state index in [0.717, 1.165) is 59.0 Å². The molecule has 4 aromatic rings. The van der Waals surface area contributed by atoms with Crippen molar-refractivity contribution in [2.75, 3.05) is 12.4 Å². The molecule has 1 N–H and O–H groups in total. The number of esters is 1. The molecule has 2 aromatic carbocycles. The van der Waals surface area contributed by atoms with Crippen LogP contribution in [0.2, 0.25) is 5.02 Å². The van der Waals surface area contributed by atoms with Crippen LogP contribution in [-0.4, -0.2) is 24.0 Å². The Morgan fingerprint density at radius 1 is 1.13 bits per heavy atom. The van der Waals surface area contributed by atoms with E-state index in [4.69, 9.17) is 21.3 Å². The van der Waals surface area contributed by atoms with Gasteiger partial charge >= 0.3 is 5.97 Å². The molecule has 2 heterocycles. The third-order valence-corrected chi connectivity index (χ3v) is 9.80. The zero-order valence-electron chi connectivity index (χ0n) is 23.0. The first-order valence-electron chi connectivity index (χ1n) is 13.3. The second-order valence-corrected chi connectivity index (χ2v) is 12.5. The highest BCUT2D eigenvalue weighted by Gasteiger charge is 2.36. The number of carbonyl (C=O) groups excluding carboxylic acids is 2. The molecule has 1 unspecified atom stereocenters. The van der Waals surface area contributed by atoms with Crippen LogP contribution in [0, 0.1) is 18.3 Å². The normalized spacial score (nSPS) is 15.2. The number of hydrogen-bond donors (Lipinski definition) is 1. The lowest BCUT2D eigenvalue weighted by Crippen LogP contribution is -2.28. The fourth-order valence-corrected chi connectivity index (χ4v) is 7.04. The van der Waals surface area contributed by atoms with Crippen LogP contribution in [0.3, 0.4) is 0 Å². The number of benzene rings is 2. The lowest BCUT2D eigenvalue weighted by molar-refractivity contribution is 0.0600. The van der Waals surface area contributed by atoms with Crippen molar-refractivity contribution in [3.8, 4) is 11.3 Å². The van der Waals surface area contributed by atoms with Crippen LogP contribution < -0.4 is 5.32 Å². The van der Waals surface area contributed by atoms with Gasteiger partial charge < -0.3 is 10.1 Å². The molecule has 0 spiro atoms. The summed E-state index contributed by atoms with van der Waals surface area (Å²) in [5.41, 5.74) is 5.35. The highest BCUT2D eigenvalue weighted by atomic mass is 35.5. The number of aromatic nitrogens is 1. The van der Waals surface area contributed by atoms with Gasteiger partial charge in [-0.15, -0.1) is 11.3 Å². The molecule has 2 aromatic heterocycles. The van der Waals surface area contributed by atoms with Gasteiger partial charge in [0.1, 0.15) is 5.00 Å². The lowest BCUT2D eigenvalue weighted by Gasteiger charge is -2.36. The third kappa shape index (κ3) is 5.08. The quantitative estimate of drug-likeness (QED) is 0.240. The van der Waals surface area contributed by atoms with Crippen LogP contribution >= 0.6 is 22.9 Å². The summed E-state index contributed by atoms with van der Waals surface area (Å²) in [5, 5.41) is 5.07. The number of hydrogen-bond acceptors (Lipinski definition) is 5. The van der Waals surface area contributed by atoms with Crippen molar-refractivity contribution in [1.29, 1.82) is 0 Å². The maximum Gasteiger partial charge on any atom is 0.341 e. The third-order valence-electron chi connectivity index (χ3n) is 8.38. The maximum atomic E-state index is 14.0. The maximum absolute atomic E-state index is 14.0. The summed E-state index contributed by atoms with van der Waals surface area (Å²) in [5.74, 6) is -0.152. The molecule has 5 rings (SSSR count). The second kappa shape index (κ2) is 10.7. The summed E-state index contributed by atoms with van der Waals surface area (Å²) < 4.78 is 5.18. The topological polar surface area (TPSA) is 68.3 Å². The first-order chi connectivity index (χ1) is 18.6. The minimum Gasteiger partial charge on any atom is -0.465 e. The Balaban J connectivity index is 1.59. The number of halogens is 1. The van der Waals surface area contributed by atoms with E-state index in [0.29, 0.717) is 27.1 Å². The number of fused-ring (bicyclic) bond motifs is 2. The number of ether oxygens (including phenoxy) is 1. The summed E-state index contributed by atoms with van der Waals surface area (Å²) in [4.78, 5) is 33.1. The van der Waals surface area contributed by atoms with Crippen molar-refractivity contribution < 1.29 is 14.3 Å². The van der Waals surface area contributed by atoms with E-state index in [9.17, 15) is 9.59 Å². The highest BCUT2D eigenvalue weighted by molar-refractivity contribution is 7.17. The van der Waals surface area contributed by atoms with E-state index >= 15 is 0 Å². The van der Waals surface area contributed by atoms with Crippen LogP contribution in [0.5, 0.6) is 0 Å². The highest BCUT2D eigenvalue weighted by Crippen LogP contribution is 2.46. The Morgan fingerprint density at radius 3 is 2.54 bits per heavy atom. The number of anilines is 1. The number of amides is 1. The Bertz CT molecular complexity index is 1570. The van der Waals surface area contributed by atoms with Gasteiger partial charge in [-0.2, -0.15) is 0 Å². The number of nitrogens with one attached hydrogen (secondary N) is 1. The summed E-state index contributed by atoms with van der Waals surface area (Å²) in [6.45, 7) is 8.77. The van der Waals surface area contributed by atoms with Crippen molar-refractivity contribution in [1.82, 2.24) is 4.98 Å². The van der Waals surface area contributed by atoms with Gasteiger partial charge in [0, 0.05) is 20.8 Å². The average Bonchev–Trinajstić information content (AvgIpc) is 3.29. The molecule has 0 fully saturated rings. The summed E-state index contributed by atoms with van der Waals surface area (Å²) in [7, 11) is 1.39. The molecule has 0 saturated heterocycles. The van der Waals surface area contributed by atoms with Gasteiger partial charge in [-0.05, 0) is 66.8 Å². The number of nitrogens with zero attached hydrogens (tertiary/aromatic N) is 1. The molecule has 1 amide bonds. The van der Waals surface area contributed by atoms with E-state index in [1.807, 2.05) is 55.5 Å². The largest absolute Gasteiger partial charge is 0.465 e. The van der Waals surface area contributed by atoms with E-state index < -0.39 is 5.97 Å². The van der Waals surface area contributed by atoms with Gasteiger partial charge in [-0.1, -0.05) is 69.1 Å².